The van der Waals surface area contributed by atoms with Gasteiger partial charge in [-0.25, -0.2) is 0 Å². The van der Waals surface area contributed by atoms with Crippen LogP contribution in [-0.2, 0) is 11.2 Å². The molecule has 0 saturated carbocycles. The van der Waals surface area contributed by atoms with Crippen molar-refractivity contribution in [2.24, 2.45) is 11.5 Å². The number of nitrogens with two attached hydrogens (primary N) is 2. The molecule has 1 amide bonds. The second-order valence-corrected chi connectivity index (χ2v) is 2.64. The third-order valence-corrected chi connectivity index (χ3v) is 1.63. The van der Waals surface area contributed by atoms with E-state index in [-0.39, 0.29) is 0 Å². The smallest absolute Gasteiger partial charge is 0.234 e. The van der Waals surface area contributed by atoms with E-state index in [0.717, 1.165) is 5.56 Å². The van der Waals surface area contributed by atoms with Crippen molar-refractivity contribution in [3.8, 4) is 0 Å². The second-order valence-electron chi connectivity index (χ2n) is 2.64. The van der Waals surface area contributed by atoms with Gasteiger partial charge in [-0.3, -0.25) is 4.79 Å². The number of benzene rings is 1. The number of hydrogen-bond donors (Lipinski definition) is 2. The highest BCUT2D eigenvalue weighted by Crippen LogP contribution is 2.00. The van der Waals surface area contributed by atoms with Gasteiger partial charge in [-0.2, -0.15) is 0 Å². The first-order valence-corrected chi connectivity index (χ1v) is 3.74. The zero-order chi connectivity index (χ0) is 9.68. The predicted molar refractivity (Wildman–Crippen MR) is 47.3 cm³/mol. The molecule has 0 aliphatic carbocycles. The van der Waals surface area contributed by atoms with E-state index in [1.54, 1.807) is 0 Å². The summed E-state index contributed by atoms with van der Waals surface area (Å²) >= 11 is 0. The highest BCUT2D eigenvalue weighted by atomic mass is 16.1. The van der Waals surface area contributed by atoms with Crippen LogP contribution in [0.5, 0.6) is 0 Å². The van der Waals surface area contributed by atoms with Crippen molar-refractivity contribution in [1.29, 1.82) is 0 Å². The van der Waals surface area contributed by atoms with Crippen LogP contribution in [0.1, 0.15) is 5.56 Å². The average molecular weight is 165 g/mol. The lowest BCUT2D eigenvalue weighted by atomic mass is 10.1. The third-order valence-electron chi connectivity index (χ3n) is 1.63. The molecule has 0 fully saturated rings. The maximum absolute atomic E-state index is 10.8. The molecule has 1 rings (SSSR count). The number of primary amides is 1. The molecule has 0 unspecified atom stereocenters. The zero-order valence-corrected chi connectivity index (χ0v) is 6.66. The number of rotatable bonds is 4. The second kappa shape index (κ2) is 3.88. The molecule has 1 atom stereocenters. The molecule has 0 aliphatic heterocycles. The summed E-state index contributed by atoms with van der Waals surface area (Å²) in [6.07, 6.45) is 0.458. The maximum atomic E-state index is 10.8. The Bertz CT molecular complexity index is 276. The van der Waals surface area contributed by atoms with Crippen LogP contribution in [0, 0.1) is 0 Å². The molecule has 0 heterocycles. The number of amides is 1. The molecule has 12 heavy (non-hydrogen) atoms. The summed E-state index contributed by atoms with van der Waals surface area (Å²) in [6.45, 7) is 0. The summed E-state index contributed by atoms with van der Waals surface area (Å²) in [4.78, 5) is 10.8. The van der Waals surface area contributed by atoms with Gasteiger partial charge < -0.3 is 11.5 Å². The van der Waals surface area contributed by atoms with Gasteiger partial charge >= 0.3 is 0 Å². The van der Waals surface area contributed by atoms with Crippen molar-refractivity contribution in [2.75, 3.05) is 0 Å². The monoisotopic (exact) mass is 165 g/mol. The molecule has 0 aromatic heterocycles. The maximum Gasteiger partial charge on any atom is 0.234 e. The quantitative estimate of drug-likeness (QED) is 0.661. The van der Waals surface area contributed by atoms with Gasteiger partial charge in [0.15, 0.2) is 0 Å². The number of carbonyl (C=O) groups excluding carboxylic acids is 1. The minimum atomic E-state index is -0.609. The molecule has 3 nitrogen and oxygen atoms in total. The van der Waals surface area contributed by atoms with Gasteiger partial charge in [0.05, 0.1) is 6.04 Å². The van der Waals surface area contributed by atoms with Gasteiger partial charge in [-0.15, -0.1) is 0 Å². The van der Waals surface area contributed by atoms with Crippen molar-refractivity contribution >= 4 is 5.91 Å². The standard InChI is InChI=1S/C9H12N2O/c10-8(9(11)12)6-7-4-2-1-3-5-7/h1-5,8H,6,10H2,(H2,11,12)/t8-/m0/s1/i/hD. The minimum absolute atomic E-state index is 0.458. The van der Waals surface area contributed by atoms with Gasteiger partial charge in [0.2, 0.25) is 5.91 Å². The molecule has 0 bridgehead atoms. The van der Waals surface area contributed by atoms with Crippen LogP contribution < -0.4 is 11.5 Å². The summed E-state index contributed by atoms with van der Waals surface area (Å²) in [5.41, 5.74) is 8.19. The normalized spacial score (nSPS) is 13.5. The van der Waals surface area contributed by atoms with E-state index >= 15 is 0 Å². The highest BCUT2D eigenvalue weighted by Gasteiger charge is 2.08. The van der Waals surface area contributed by atoms with Crippen LogP contribution in [0.15, 0.2) is 30.3 Å². The predicted octanol–water partition coefficient (Wildman–Crippen LogP) is 0.0417. The molecule has 1 aromatic rings. The Kier molecular flexibility index (Phi) is 2.36. The van der Waals surface area contributed by atoms with Crippen molar-refractivity contribution < 1.29 is 6.21 Å². The van der Waals surface area contributed by atoms with Gasteiger partial charge in [0.1, 0.15) is 1.41 Å². The van der Waals surface area contributed by atoms with Crippen molar-refractivity contribution in [3.05, 3.63) is 35.9 Å². The Balaban J connectivity index is 2.62. The minimum Gasteiger partial charge on any atom is -0.368 e. The van der Waals surface area contributed by atoms with E-state index in [2.05, 4.69) is 5.73 Å². The first kappa shape index (κ1) is 7.31. The Morgan fingerprint density at radius 3 is 2.67 bits per heavy atom. The van der Waals surface area contributed by atoms with E-state index in [1.807, 2.05) is 30.3 Å². The van der Waals surface area contributed by atoms with Crippen LogP contribution in [0.2, 0.25) is 1.41 Å². The summed E-state index contributed by atoms with van der Waals surface area (Å²) in [5.74, 6) is -0.501. The first-order chi connectivity index (χ1) is 6.24. The topological polar surface area (TPSA) is 69.1 Å². The third kappa shape index (κ3) is 2.36. The van der Waals surface area contributed by atoms with Crippen molar-refractivity contribution in [3.63, 3.8) is 0 Å². The molecule has 1 aromatic carbocycles. The molecule has 0 aliphatic rings. The van der Waals surface area contributed by atoms with E-state index in [1.165, 1.54) is 0 Å². The van der Waals surface area contributed by atoms with E-state index in [9.17, 15) is 4.79 Å². The Labute approximate surface area is 72.8 Å². The fourth-order valence-corrected chi connectivity index (χ4v) is 0.950. The molecule has 3 heteroatoms. The van der Waals surface area contributed by atoms with Crippen LogP contribution in [0.4, 0.5) is 0 Å². The van der Waals surface area contributed by atoms with E-state index < -0.39 is 11.9 Å². The summed E-state index contributed by atoms with van der Waals surface area (Å²) in [6, 6.07) is 8.86. The van der Waals surface area contributed by atoms with E-state index in [4.69, 9.17) is 7.15 Å². The lowest BCUT2D eigenvalue weighted by Crippen LogP contribution is -2.38. The van der Waals surface area contributed by atoms with Crippen molar-refractivity contribution in [1.82, 2.24) is 0 Å². The molecule has 4 N–H and O–H groups in total. The molecular formula is C9H12N2O. The molecule has 0 radical (unpaired) electrons. The Morgan fingerprint density at radius 2 is 2.17 bits per heavy atom. The first-order valence-electron chi connectivity index (χ1n) is 4.24. The molecular weight excluding hydrogens is 152 g/mol. The largest absolute Gasteiger partial charge is 0.368 e. The molecule has 64 valence electrons. The van der Waals surface area contributed by atoms with Crippen LogP contribution in [0.25, 0.3) is 0 Å². The number of hydrogen-bond acceptors (Lipinski definition) is 2. The van der Waals surface area contributed by atoms with Gasteiger partial charge in [0.25, 0.3) is 0 Å². The number of carbonyl (C=O) groups is 1. The van der Waals surface area contributed by atoms with Crippen LogP contribution in [0.3, 0.4) is 0 Å². The average Bonchev–Trinajstić information content (AvgIpc) is 2.15. The summed E-state index contributed by atoms with van der Waals surface area (Å²) in [5, 5.41) is 0. The van der Waals surface area contributed by atoms with Crippen LogP contribution in [-0.4, -0.2) is 11.9 Å². The SMILES string of the molecule is [2H]N[C@@H](Cc1ccccc1)C(N)=O. The Hall–Kier alpha value is -1.35. The summed E-state index contributed by atoms with van der Waals surface area (Å²) in [7, 11) is 0. The lowest BCUT2D eigenvalue weighted by Gasteiger charge is -2.06. The summed E-state index contributed by atoms with van der Waals surface area (Å²) < 4.78 is 6.89. The van der Waals surface area contributed by atoms with Gasteiger partial charge in [0, 0.05) is 0 Å². The van der Waals surface area contributed by atoms with Gasteiger partial charge in [-0.1, -0.05) is 30.3 Å². The van der Waals surface area contributed by atoms with Crippen molar-refractivity contribution in [2.45, 2.75) is 12.5 Å². The fraction of sp³-hybridized carbons (Fsp3) is 0.222. The molecule has 0 saturated heterocycles. The molecule has 0 spiro atoms. The Morgan fingerprint density at radius 1 is 1.50 bits per heavy atom. The van der Waals surface area contributed by atoms with Gasteiger partial charge in [-0.05, 0) is 12.0 Å². The lowest BCUT2D eigenvalue weighted by molar-refractivity contribution is -0.119. The highest BCUT2D eigenvalue weighted by molar-refractivity contribution is 5.79. The van der Waals surface area contributed by atoms with Crippen LogP contribution >= 0.6 is 0 Å². The fourth-order valence-electron chi connectivity index (χ4n) is 0.950. The zero-order valence-electron chi connectivity index (χ0n) is 7.66. The van der Waals surface area contributed by atoms with E-state index in [0.29, 0.717) is 6.42 Å².